The third-order valence-electron chi connectivity index (χ3n) is 8.16. The number of rotatable bonds is 4. The summed E-state index contributed by atoms with van der Waals surface area (Å²) in [6, 6.07) is 8.46. The number of β-amino-alcohol motifs (C(OH)–C–C–N with tert-alkyl or cyclic N) is 1. The van der Waals surface area contributed by atoms with Crippen LogP contribution in [0, 0.1) is 11.8 Å². The van der Waals surface area contributed by atoms with E-state index in [1.165, 1.54) is 4.90 Å². The van der Waals surface area contributed by atoms with Crippen molar-refractivity contribution in [1.29, 1.82) is 0 Å². The molecule has 8 nitrogen and oxygen atoms in total. The fraction of sp³-hybridized carbons (Fsp3) is 0.536. The first-order valence-corrected chi connectivity index (χ1v) is 12.8. The molecular formula is C28H35N3O5. The summed E-state index contributed by atoms with van der Waals surface area (Å²) in [5.41, 5.74) is -2.06. The van der Waals surface area contributed by atoms with E-state index in [1.807, 2.05) is 82.3 Å². The van der Waals surface area contributed by atoms with Crippen molar-refractivity contribution in [2.45, 2.75) is 56.9 Å². The summed E-state index contributed by atoms with van der Waals surface area (Å²) in [4.78, 5) is 47.3. The maximum Gasteiger partial charge on any atom is 0.249 e. The molecule has 0 aliphatic carbocycles. The van der Waals surface area contributed by atoms with Gasteiger partial charge in [0.1, 0.15) is 11.6 Å². The molecule has 1 spiro atoms. The number of ether oxygens (including phenoxy) is 1. The molecule has 8 heteroatoms. The Kier molecular flexibility index (Phi) is 5.87. The maximum atomic E-state index is 14.3. The zero-order valence-corrected chi connectivity index (χ0v) is 21.4. The first kappa shape index (κ1) is 24.7. The lowest BCUT2D eigenvalue weighted by molar-refractivity contribution is -0.155. The minimum absolute atomic E-state index is 0.000940. The molecule has 0 saturated carbocycles. The van der Waals surface area contributed by atoms with Crippen LogP contribution in [0.3, 0.4) is 0 Å². The zero-order chi connectivity index (χ0) is 25.9. The average Bonchev–Trinajstić information content (AvgIpc) is 3.11. The van der Waals surface area contributed by atoms with E-state index in [1.54, 1.807) is 9.80 Å². The molecule has 1 aromatic carbocycles. The lowest BCUT2D eigenvalue weighted by Crippen LogP contribution is -2.59. The van der Waals surface area contributed by atoms with E-state index in [0.29, 0.717) is 19.5 Å². The average molecular weight is 494 g/mol. The molecular weight excluding hydrogens is 458 g/mol. The van der Waals surface area contributed by atoms with E-state index >= 15 is 0 Å². The highest BCUT2D eigenvalue weighted by Crippen LogP contribution is 2.58. The van der Waals surface area contributed by atoms with Crippen molar-refractivity contribution in [3.05, 3.63) is 54.6 Å². The number of hydrogen-bond donors (Lipinski definition) is 1. The van der Waals surface area contributed by atoms with Crippen LogP contribution in [-0.2, 0) is 19.1 Å². The van der Waals surface area contributed by atoms with Gasteiger partial charge in [0.25, 0.3) is 0 Å². The highest BCUT2D eigenvalue weighted by atomic mass is 16.5. The van der Waals surface area contributed by atoms with Gasteiger partial charge in [0.05, 0.1) is 24.0 Å². The first-order chi connectivity index (χ1) is 17.1. The summed E-state index contributed by atoms with van der Waals surface area (Å²) < 4.78 is 6.90. The summed E-state index contributed by atoms with van der Waals surface area (Å²) in [6.45, 7) is 8.28. The molecule has 2 fully saturated rings. The normalized spacial score (nSPS) is 34.0. The molecule has 5 atom stereocenters. The number of benzene rings is 1. The van der Waals surface area contributed by atoms with Gasteiger partial charge in [-0.25, -0.2) is 0 Å². The molecule has 1 unspecified atom stereocenters. The van der Waals surface area contributed by atoms with Gasteiger partial charge >= 0.3 is 0 Å². The van der Waals surface area contributed by atoms with Crippen molar-refractivity contribution in [3.63, 3.8) is 0 Å². The van der Waals surface area contributed by atoms with Crippen molar-refractivity contribution >= 4 is 23.4 Å². The Hall–Kier alpha value is -2.97. The van der Waals surface area contributed by atoms with Gasteiger partial charge in [0.2, 0.25) is 17.7 Å². The Morgan fingerprint density at radius 2 is 1.67 bits per heavy atom. The molecule has 4 aliphatic rings. The second-order valence-electron chi connectivity index (χ2n) is 11.1. The molecule has 5 rings (SSSR count). The Morgan fingerprint density at radius 3 is 2.31 bits per heavy atom. The minimum atomic E-state index is -1.30. The van der Waals surface area contributed by atoms with Crippen molar-refractivity contribution in [2.75, 3.05) is 31.1 Å². The Balaban J connectivity index is 1.67. The fourth-order valence-electron chi connectivity index (χ4n) is 6.55. The van der Waals surface area contributed by atoms with Crippen molar-refractivity contribution in [3.8, 4) is 0 Å². The van der Waals surface area contributed by atoms with Crippen LogP contribution in [0.25, 0.3) is 0 Å². The topological polar surface area (TPSA) is 90.4 Å². The fourth-order valence-corrected chi connectivity index (χ4v) is 6.55. The summed E-state index contributed by atoms with van der Waals surface area (Å²) in [5.74, 6) is -2.42. The molecule has 3 amide bonds. The number of hydrogen-bond acceptors (Lipinski definition) is 5. The van der Waals surface area contributed by atoms with Crippen LogP contribution < -0.4 is 4.90 Å². The number of aliphatic hydroxyl groups is 1. The Labute approximate surface area is 212 Å². The van der Waals surface area contributed by atoms with Crippen LogP contribution in [0.4, 0.5) is 5.69 Å². The zero-order valence-electron chi connectivity index (χ0n) is 21.4. The SMILES string of the molecule is CC[C@]12C=CCN(c3ccccc3)C(=O)[C@H]1[C@H]1C(=O)N(CCO)C3C(=O)N(C(C)(C)C)CC=C[C@@]31O2. The van der Waals surface area contributed by atoms with Gasteiger partial charge in [-0.2, -0.15) is 0 Å². The number of para-hydroxylation sites is 1. The van der Waals surface area contributed by atoms with Crippen LogP contribution in [0.15, 0.2) is 54.6 Å². The van der Waals surface area contributed by atoms with Gasteiger partial charge in [-0.15, -0.1) is 0 Å². The van der Waals surface area contributed by atoms with Gasteiger partial charge in [-0.05, 0) is 39.3 Å². The molecule has 2 saturated heterocycles. The lowest BCUT2D eigenvalue weighted by atomic mass is 9.73. The van der Waals surface area contributed by atoms with Gasteiger partial charge in [-0.1, -0.05) is 49.4 Å². The highest BCUT2D eigenvalue weighted by Gasteiger charge is 2.75. The van der Waals surface area contributed by atoms with E-state index in [2.05, 4.69) is 0 Å². The van der Waals surface area contributed by atoms with E-state index in [4.69, 9.17) is 4.74 Å². The second kappa shape index (κ2) is 8.56. The number of likely N-dealkylation sites (tertiary alicyclic amines) is 1. The molecule has 0 bridgehead atoms. The van der Waals surface area contributed by atoms with Crippen molar-refractivity contribution in [1.82, 2.24) is 9.80 Å². The standard InChI is InChI=1S/C28H35N3O5/c1-5-27-13-9-15-29(19-11-7-6-8-12-19)23(33)20(27)21-24(34)30(17-18-32)22-25(35)31(26(2,3)4)16-10-14-28(21,22)36-27/h6-14,20-22,32H,5,15-18H2,1-4H3/t20-,21+,22?,27+,28+/m1/s1. The number of aliphatic hydroxyl groups excluding tert-OH is 1. The van der Waals surface area contributed by atoms with E-state index < -0.39 is 34.6 Å². The molecule has 36 heavy (non-hydrogen) atoms. The molecule has 0 aromatic heterocycles. The molecule has 4 aliphatic heterocycles. The second-order valence-corrected chi connectivity index (χ2v) is 11.1. The Bertz CT molecular complexity index is 1130. The van der Waals surface area contributed by atoms with Crippen LogP contribution in [0.5, 0.6) is 0 Å². The molecule has 4 heterocycles. The van der Waals surface area contributed by atoms with E-state index in [-0.39, 0.29) is 30.9 Å². The molecule has 1 N–H and O–H groups in total. The minimum Gasteiger partial charge on any atom is -0.395 e. The highest BCUT2D eigenvalue weighted by molar-refractivity contribution is 6.04. The summed E-state index contributed by atoms with van der Waals surface area (Å²) in [5, 5.41) is 9.83. The summed E-state index contributed by atoms with van der Waals surface area (Å²) in [6.07, 6.45) is 8.08. The number of anilines is 1. The summed E-state index contributed by atoms with van der Waals surface area (Å²) in [7, 11) is 0. The number of fused-ring (bicyclic) bond motifs is 2. The number of nitrogens with zero attached hydrogens (tertiary/aromatic N) is 3. The van der Waals surface area contributed by atoms with Crippen LogP contribution >= 0.6 is 0 Å². The Morgan fingerprint density at radius 1 is 0.972 bits per heavy atom. The number of amides is 3. The monoisotopic (exact) mass is 493 g/mol. The lowest BCUT2D eigenvalue weighted by Gasteiger charge is -2.41. The predicted octanol–water partition coefficient (Wildman–Crippen LogP) is 2.14. The van der Waals surface area contributed by atoms with Crippen LogP contribution in [-0.4, -0.2) is 81.7 Å². The van der Waals surface area contributed by atoms with Crippen LogP contribution in [0.2, 0.25) is 0 Å². The molecule has 192 valence electrons. The van der Waals surface area contributed by atoms with E-state index in [0.717, 1.165) is 5.69 Å². The van der Waals surface area contributed by atoms with Crippen molar-refractivity contribution < 1.29 is 24.2 Å². The van der Waals surface area contributed by atoms with Crippen molar-refractivity contribution in [2.24, 2.45) is 11.8 Å². The first-order valence-electron chi connectivity index (χ1n) is 12.8. The predicted molar refractivity (Wildman–Crippen MR) is 135 cm³/mol. The van der Waals surface area contributed by atoms with Gasteiger partial charge in [-0.3, -0.25) is 14.4 Å². The third-order valence-corrected chi connectivity index (χ3v) is 8.16. The maximum absolute atomic E-state index is 14.3. The number of carbonyl (C=O) groups excluding carboxylic acids is 3. The summed E-state index contributed by atoms with van der Waals surface area (Å²) >= 11 is 0. The largest absolute Gasteiger partial charge is 0.395 e. The van der Waals surface area contributed by atoms with Gasteiger partial charge in [0, 0.05) is 30.9 Å². The number of carbonyl (C=O) groups is 3. The third kappa shape index (κ3) is 3.38. The van der Waals surface area contributed by atoms with Gasteiger partial charge in [0.15, 0.2) is 0 Å². The molecule has 1 aromatic rings. The van der Waals surface area contributed by atoms with E-state index in [9.17, 15) is 19.5 Å². The molecule has 0 radical (unpaired) electrons. The quantitative estimate of drug-likeness (QED) is 0.649. The van der Waals surface area contributed by atoms with Gasteiger partial charge < -0.3 is 24.5 Å². The van der Waals surface area contributed by atoms with Crippen LogP contribution in [0.1, 0.15) is 34.1 Å². The smallest absolute Gasteiger partial charge is 0.249 e.